The van der Waals surface area contributed by atoms with Gasteiger partial charge in [-0.15, -0.1) is 0 Å². The minimum absolute atomic E-state index is 0.406. The van der Waals surface area contributed by atoms with Gasteiger partial charge in [-0.25, -0.2) is 0 Å². The predicted octanol–water partition coefficient (Wildman–Crippen LogP) is -0.0327. The summed E-state index contributed by atoms with van der Waals surface area (Å²) in [4.78, 5) is 10.6. The molecule has 0 aliphatic rings. The SMILES string of the molecule is CC(C)NCCCC[C@H](N)C(N)=O. The molecule has 0 spiro atoms. The number of nitrogens with two attached hydrogens (primary N) is 2. The average Bonchev–Trinajstić information content (AvgIpc) is 2.02. The molecule has 1 amide bonds. The number of nitrogens with one attached hydrogen (secondary N) is 1. The second-order valence-electron chi connectivity index (χ2n) is 3.61. The number of primary amides is 1. The van der Waals surface area contributed by atoms with Gasteiger partial charge in [0, 0.05) is 6.04 Å². The Morgan fingerprint density at radius 1 is 1.38 bits per heavy atom. The summed E-state index contributed by atoms with van der Waals surface area (Å²) in [7, 11) is 0. The standard InChI is InChI=1S/C9H21N3O/c1-7(2)12-6-4-3-5-8(10)9(11)13/h7-8,12H,3-6,10H2,1-2H3,(H2,11,13)/t8-/m0/s1. The monoisotopic (exact) mass is 187 g/mol. The first-order valence-electron chi connectivity index (χ1n) is 4.82. The van der Waals surface area contributed by atoms with Crippen LogP contribution in [0.1, 0.15) is 33.1 Å². The van der Waals surface area contributed by atoms with Crippen LogP contribution in [0.4, 0.5) is 0 Å². The van der Waals surface area contributed by atoms with E-state index in [2.05, 4.69) is 19.2 Å². The molecule has 0 aromatic carbocycles. The molecule has 0 aromatic heterocycles. The molecule has 0 fully saturated rings. The summed E-state index contributed by atoms with van der Waals surface area (Å²) < 4.78 is 0. The van der Waals surface area contributed by atoms with Crippen LogP contribution in [0.5, 0.6) is 0 Å². The molecule has 0 aromatic rings. The van der Waals surface area contributed by atoms with Crippen molar-refractivity contribution < 1.29 is 4.79 Å². The maximum atomic E-state index is 10.6. The Labute approximate surface area is 80.0 Å². The van der Waals surface area contributed by atoms with E-state index in [0.29, 0.717) is 12.5 Å². The third-order valence-corrected chi connectivity index (χ3v) is 1.86. The topological polar surface area (TPSA) is 81.1 Å². The van der Waals surface area contributed by atoms with Gasteiger partial charge in [-0.05, 0) is 19.4 Å². The number of hydrogen-bond acceptors (Lipinski definition) is 3. The molecule has 78 valence electrons. The summed E-state index contributed by atoms with van der Waals surface area (Å²) in [6.07, 6.45) is 2.68. The van der Waals surface area contributed by atoms with Crippen LogP contribution in [0.2, 0.25) is 0 Å². The molecule has 1 atom stereocenters. The number of rotatable bonds is 7. The predicted molar refractivity (Wildman–Crippen MR) is 54.2 cm³/mol. The van der Waals surface area contributed by atoms with E-state index in [4.69, 9.17) is 11.5 Å². The first-order chi connectivity index (χ1) is 6.04. The highest BCUT2D eigenvalue weighted by atomic mass is 16.1. The molecule has 0 unspecified atom stereocenters. The number of carbonyl (C=O) groups is 1. The number of carbonyl (C=O) groups excluding carboxylic acids is 1. The molecule has 0 rings (SSSR count). The van der Waals surface area contributed by atoms with Crippen LogP contribution in [0, 0.1) is 0 Å². The lowest BCUT2D eigenvalue weighted by Gasteiger charge is -2.09. The van der Waals surface area contributed by atoms with Crippen molar-refractivity contribution in [3.8, 4) is 0 Å². The molecule has 0 heterocycles. The molecule has 5 N–H and O–H groups in total. The van der Waals surface area contributed by atoms with Gasteiger partial charge in [-0.1, -0.05) is 20.3 Å². The first-order valence-corrected chi connectivity index (χ1v) is 4.82. The minimum atomic E-state index is -0.473. The molecular formula is C9H21N3O. The zero-order valence-electron chi connectivity index (χ0n) is 8.55. The van der Waals surface area contributed by atoms with Crippen LogP contribution in [-0.2, 0) is 4.79 Å². The molecule has 0 aliphatic carbocycles. The fourth-order valence-electron chi connectivity index (χ4n) is 1.02. The number of amides is 1. The summed E-state index contributed by atoms with van der Waals surface area (Å²) in [5.74, 6) is -0.406. The maximum Gasteiger partial charge on any atom is 0.234 e. The van der Waals surface area contributed by atoms with Crippen LogP contribution in [0.3, 0.4) is 0 Å². The Balaban J connectivity index is 3.21. The van der Waals surface area contributed by atoms with E-state index in [9.17, 15) is 4.79 Å². The molecule has 0 radical (unpaired) electrons. The minimum Gasteiger partial charge on any atom is -0.368 e. The molecule has 4 heteroatoms. The highest BCUT2D eigenvalue weighted by molar-refractivity contribution is 5.79. The van der Waals surface area contributed by atoms with Gasteiger partial charge in [-0.3, -0.25) is 4.79 Å². The number of unbranched alkanes of at least 4 members (excludes halogenated alkanes) is 1. The normalized spacial score (nSPS) is 13.2. The summed E-state index contributed by atoms with van der Waals surface area (Å²) in [6.45, 7) is 5.19. The largest absolute Gasteiger partial charge is 0.368 e. The van der Waals surface area contributed by atoms with Gasteiger partial charge in [0.05, 0.1) is 6.04 Å². The zero-order valence-corrected chi connectivity index (χ0v) is 8.55. The molecule has 0 saturated carbocycles. The summed E-state index contributed by atoms with van der Waals surface area (Å²) in [6, 6.07) is 0.0452. The molecular weight excluding hydrogens is 166 g/mol. The maximum absolute atomic E-state index is 10.6. The summed E-state index contributed by atoms with van der Waals surface area (Å²) in [5, 5.41) is 3.29. The Bertz CT molecular complexity index is 148. The lowest BCUT2D eigenvalue weighted by molar-refractivity contribution is -0.119. The average molecular weight is 187 g/mol. The first kappa shape index (κ1) is 12.4. The summed E-state index contributed by atoms with van der Waals surface area (Å²) in [5.41, 5.74) is 10.5. The molecule has 0 saturated heterocycles. The lowest BCUT2D eigenvalue weighted by atomic mass is 10.1. The van der Waals surface area contributed by atoms with Crippen molar-refractivity contribution >= 4 is 5.91 Å². The van der Waals surface area contributed by atoms with Crippen LogP contribution in [0.15, 0.2) is 0 Å². The van der Waals surface area contributed by atoms with E-state index in [0.717, 1.165) is 19.4 Å². The van der Waals surface area contributed by atoms with Crippen molar-refractivity contribution in [1.82, 2.24) is 5.32 Å². The zero-order chi connectivity index (χ0) is 10.3. The quantitative estimate of drug-likeness (QED) is 0.489. The smallest absolute Gasteiger partial charge is 0.234 e. The van der Waals surface area contributed by atoms with Crippen LogP contribution >= 0.6 is 0 Å². The second-order valence-corrected chi connectivity index (χ2v) is 3.61. The van der Waals surface area contributed by atoms with Crippen molar-refractivity contribution in [1.29, 1.82) is 0 Å². The van der Waals surface area contributed by atoms with Crippen molar-refractivity contribution in [2.45, 2.75) is 45.2 Å². The highest BCUT2D eigenvalue weighted by Gasteiger charge is 2.07. The molecule has 0 aliphatic heterocycles. The van der Waals surface area contributed by atoms with Gasteiger partial charge in [0.15, 0.2) is 0 Å². The lowest BCUT2D eigenvalue weighted by Crippen LogP contribution is -2.36. The van der Waals surface area contributed by atoms with E-state index < -0.39 is 11.9 Å². The van der Waals surface area contributed by atoms with Gasteiger partial charge in [0.25, 0.3) is 0 Å². The van der Waals surface area contributed by atoms with Crippen molar-refractivity contribution in [2.24, 2.45) is 11.5 Å². The van der Waals surface area contributed by atoms with Crippen molar-refractivity contribution in [2.75, 3.05) is 6.54 Å². The van der Waals surface area contributed by atoms with E-state index in [1.165, 1.54) is 0 Å². The third kappa shape index (κ3) is 7.74. The summed E-state index contributed by atoms with van der Waals surface area (Å²) >= 11 is 0. The Hall–Kier alpha value is -0.610. The Morgan fingerprint density at radius 2 is 2.00 bits per heavy atom. The fraction of sp³-hybridized carbons (Fsp3) is 0.889. The Kier molecular flexibility index (Phi) is 6.54. The van der Waals surface area contributed by atoms with Crippen molar-refractivity contribution in [3.05, 3.63) is 0 Å². The molecule has 0 bridgehead atoms. The van der Waals surface area contributed by atoms with Gasteiger partial charge in [0.2, 0.25) is 5.91 Å². The van der Waals surface area contributed by atoms with E-state index in [1.807, 2.05) is 0 Å². The van der Waals surface area contributed by atoms with Gasteiger partial charge >= 0.3 is 0 Å². The van der Waals surface area contributed by atoms with E-state index in [1.54, 1.807) is 0 Å². The van der Waals surface area contributed by atoms with E-state index in [-0.39, 0.29) is 0 Å². The third-order valence-electron chi connectivity index (χ3n) is 1.86. The van der Waals surface area contributed by atoms with Gasteiger partial charge < -0.3 is 16.8 Å². The second kappa shape index (κ2) is 6.86. The van der Waals surface area contributed by atoms with Gasteiger partial charge in [-0.2, -0.15) is 0 Å². The highest BCUT2D eigenvalue weighted by Crippen LogP contribution is 1.97. The Morgan fingerprint density at radius 3 is 2.46 bits per heavy atom. The van der Waals surface area contributed by atoms with Crippen LogP contribution < -0.4 is 16.8 Å². The molecule has 4 nitrogen and oxygen atoms in total. The van der Waals surface area contributed by atoms with Gasteiger partial charge in [0.1, 0.15) is 0 Å². The van der Waals surface area contributed by atoms with E-state index >= 15 is 0 Å². The molecule has 13 heavy (non-hydrogen) atoms. The van der Waals surface area contributed by atoms with Crippen LogP contribution in [-0.4, -0.2) is 24.5 Å². The fourth-order valence-corrected chi connectivity index (χ4v) is 1.02. The number of hydrogen-bond donors (Lipinski definition) is 3. The van der Waals surface area contributed by atoms with Crippen LogP contribution in [0.25, 0.3) is 0 Å². The van der Waals surface area contributed by atoms with Crippen molar-refractivity contribution in [3.63, 3.8) is 0 Å².